The molecule has 2 aliphatic rings. The molecule has 1 nitrogen and oxygen atoms in total. The number of rotatable bonds is 1. The summed E-state index contributed by atoms with van der Waals surface area (Å²) in [4.78, 5) is 2.38. The van der Waals surface area contributed by atoms with Gasteiger partial charge in [-0.05, 0) is 52.9 Å². The van der Waals surface area contributed by atoms with Crippen LogP contribution < -0.4 is 0 Å². The van der Waals surface area contributed by atoms with Crippen LogP contribution in [0.4, 0.5) is 0 Å². The van der Waals surface area contributed by atoms with Gasteiger partial charge in [-0.25, -0.2) is 0 Å². The number of benzene rings is 2. The Bertz CT molecular complexity index is 797. The highest BCUT2D eigenvalue weighted by Crippen LogP contribution is 2.41. The summed E-state index contributed by atoms with van der Waals surface area (Å²) >= 11 is 0. The second-order valence-corrected chi connectivity index (χ2v) is 6.74. The standard InChI is InChI=1S/C22H23N/c1-16-19-8-4-3-7-18(19)15-22(17-11-13-23(2)14-12-17)21-10-6-5-9-20(16)21/h3-11,15-16H,12-14H2,1-2H3/t16-/m1/s1. The predicted molar refractivity (Wildman–Crippen MR) is 98.5 cm³/mol. The van der Waals surface area contributed by atoms with Crippen LogP contribution in [0.2, 0.25) is 0 Å². The Morgan fingerprint density at radius 2 is 1.70 bits per heavy atom. The van der Waals surface area contributed by atoms with E-state index < -0.39 is 0 Å². The van der Waals surface area contributed by atoms with Crippen molar-refractivity contribution in [3.63, 3.8) is 0 Å². The van der Waals surface area contributed by atoms with Crippen LogP contribution in [-0.2, 0) is 0 Å². The van der Waals surface area contributed by atoms with Gasteiger partial charge in [-0.15, -0.1) is 0 Å². The van der Waals surface area contributed by atoms with E-state index in [-0.39, 0.29) is 0 Å². The number of hydrogen-bond donors (Lipinski definition) is 0. The topological polar surface area (TPSA) is 3.24 Å². The van der Waals surface area contributed by atoms with E-state index in [4.69, 9.17) is 0 Å². The van der Waals surface area contributed by atoms with E-state index in [9.17, 15) is 0 Å². The number of allylic oxidation sites excluding steroid dienone is 1. The summed E-state index contributed by atoms with van der Waals surface area (Å²) in [6, 6.07) is 17.8. The first-order chi connectivity index (χ1) is 11.2. The van der Waals surface area contributed by atoms with E-state index in [0.717, 1.165) is 19.5 Å². The molecule has 0 N–H and O–H groups in total. The quantitative estimate of drug-likeness (QED) is 0.720. The minimum Gasteiger partial charge on any atom is -0.302 e. The van der Waals surface area contributed by atoms with E-state index in [1.165, 1.54) is 33.4 Å². The fourth-order valence-corrected chi connectivity index (χ4v) is 3.84. The van der Waals surface area contributed by atoms with Crippen LogP contribution in [0.5, 0.6) is 0 Å². The van der Waals surface area contributed by atoms with Crippen molar-refractivity contribution in [3.05, 3.63) is 82.4 Å². The molecule has 0 unspecified atom stereocenters. The first kappa shape index (κ1) is 14.5. The zero-order chi connectivity index (χ0) is 15.8. The first-order valence-corrected chi connectivity index (χ1v) is 8.52. The molecule has 116 valence electrons. The molecule has 0 saturated heterocycles. The lowest BCUT2D eigenvalue weighted by atomic mass is 9.86. The molecule has 23 heavy (non-hydrogen) atoms. The average Bonchev–Trinajstić information content (AvgIpc) is 2.72. The fourth-order valence-electron chi connectivity index (χ4n) is 3.84. The second kappa shape index (κ2) is 5.82. The normalized spacial score (nSPS) is 20.9. The summed E-state index contributed by atoms with van der Waals surface area (Å²) in [5.74, 6) is 0.433. The van der Waals surface area contributed by atoms with Gasteiger partial charge in [-0.1, -0.05) is 61.5 Å². The lowest BCUT2D eigenvalue weighted by molar-refractivity contribution is 0.362. The highest BCUT2D eigenvalue weighted by Gasteiger charge is 2.23. The Morgan fingerprint density at radius 3 is 2.48 bits per heavy atom. The Kier molecular flexibility index (Phi) is 3.66. The molecule has 2 aromatic carbocycles. The van der Waals surface area contributed by atoms with Crippen LogP contribution in [0.1, 0.15) is 41.5 Å². The monoisotopic (exact) mass is 301 g/mol. The summed E-state index contributed by atoms with van der Waals surface area (Å²) in [5.41, 5.74) is 8.58. The molecule has 0 bridgehead atoms. The molecular formula is C22H23N. The van der Waals surface area contributed by atoms with Crippen molar-refractivity contribution in [2.75, 3.05) is 20.1 Å². The lowest BCUT2D eigenvalue weighted by Crippen LogP contribution is -2.24. The minimum atomic E-state index is 0.433. The molecule has 1 aliphatic heterocycles. The second-order valence-electron chi connectivity index (χ2n) is 6.74. The molecule has 4 rings (SSSR count). The SMILES string of the molecule is C[C@@H]1c2ccccc2C=C(C2=CCN(C)CC2)c2ccccc21. The third kappa shape index (κ3) is 2.55. The van der Waals surface area contributed by atoms with Crippen LogP contribution in [0.15, 0.2) is 60.2 Å². The third-order valence-electron chi connectivity index (χ3n) is 5.24. The maximum atomic E-state index is 2.41. The van der Waals surface area contributed by atoms with E-state index in [1.54, 1.807) is 0 Å². The number of hydrogen-bond acceptors (Lipinski definition) is 1. The van der Waals surface area contributed by atoms with Crippen molar-refractivity contribution in [1.82, 2.24) is 4.90 Å². The molecule has 0 fully saturated rings. The van der Waals surface area contributed by atoms with Gasteiger partial charge in [0.2, 0.25) is 0 Å². The molecule has 0 amide bonds. The average molecular weight is 301 g/mol. The van der Waals surface area contributed by atoms with Gasteiger partial charge >= 0.3 is 0 Å². The molecule has 0 radical (unpaired) electrons. The summed E-state index contributed by atoms with van der Waals surface area (Å²) in [6.07, 6.45) is 5.95. The first-order valence-electron chi connectivity index (χ1n) is 8.52. The van der Waals surface area contributed by atoms with Crippen LogP contribution in [0, 0.1) is 0 Å². The molecule has 1 atom stereocenters. The number of nitrogens with zero attached hydrogens (tertiary/aromatic N) is 1. The maximum Gasteiger partial charge on any atom is 0.0166 e. The van der Waals surface area contributed by atoms with Gasteiger partial charge < -0.3 is 4.90 Å². The molecular weight excluding hydrogens is 278 g/mol. The minimum absolute atomic E-state index is 0.433. The van der Waals surface area contributed by atoms with Crippen molar-refractivity contribution in [2.24, 2.45) is 0 Å². The smallest absolute Gasteiger partial charge is 0.0166 e. The molecule has 2 aromatic rings. The van der Waals surface area contributed by atoms with E-state index >= 15 is 0 Å². The van der Waals surface area contributed by atoms with Gasteiger partial charge in [0, 0.05) is 19.0 Å². The Balaban J connectivity index is 1.93. The Labute approximate surface area is 139 Å². The summed E-state index contributed by atoms with van der Waals surface area (Å²) < 4.78 is 0. The summed E-state index contributed by atoms with van der Waals surface area (Å²) in [6.45, 7) is 4.52. The van der Waals surface area contributed by atoms with Crippen LogP contribution >= 0.6 is 0 Å². The molecule has 0 aromatic heterocycles. The molecule has 1 aliphatic carbocycles. The largest absolute Gasteiger partial charge is 0.302 e. The van der Waals surface area contributed by atoms with Crippen LogP contribution in [0.3, 0.4) is 0 Å². The van der Waals surface area contributed by atoms with Crippen molar-refractivity contribution >= 4 is 11.6 Å². The van der Waals surface area contributed by atoms with E-state index in [0.29, 0.717) is 5.92 Å². The van der Waals surface area contributed by atoms with Crippen molar-refractivity contribution in [3.8, 4) is 0 Å². The van der Waals surface area contributed by atoms with Crippen LogP contribution in [-0.4, -0.2) is 25.0 Å². The maximum absolute atomic E-state index is 2.41. The van der Waals surface area contributed by atoms with Gasteiger partial charge in [0.05, 0.1) is 0 Å². The highest BCUT2D eigenvalue weighted by molar-refractivity contribution is 5.94. The fraction of sp³-hybridized carbons (Fsp3) is 0.273. The summed E-state index contributed by atoms with van der Waals surface area (Å²) in [5, 5.41) is 0. The van der Waals surface area contributed by atoms with Crippen molar-refractivity contribution in [1.29, 1.82) is 0 Å². The van der Waals surface area contributed by atoms with E-state index in [2.05, 4.69) is 79.6 Å². The molecule has 0 spiro atoms. The summed E-state index contributed by atoms with van der Waals surface area (Å²) in [7, 11) is 2.19. The Hall–Kier alpha value is -2.12. The lowest BCUT2D eigenvalue weighted by Gasteiger charge is -2.24. The van der Waals surface area contributed by atoms with Gasteiger partial charge in [0.1, 0.15) is 0 Å². The molecule has 1 heteroatoms. The number of likely N-dealkylation sites (N-methyl/N-ethyl adjacent to an activating group) is 1. The van der Waals surface area contributed by atoms with Gasteiger partial charge in [0.15, 0.2) is 0 Å². The van der Waals surface area contributed by atoms with E-state index in [1.807, 2.05) is 0 Å². The van der Waals surface area contributed by atoms with Crippen LogP contribution in [0.25, 0.3) is 11.6 Å². The zero-order valence-electron chi connectivity index (χ0n) is 13.9. The van der Waals surface area contributed by atoms with Crippen molar-refractivity contribution in [2.45, 2.75) is 19.3 Å². The van der Waals surface area contributed by atoms with Gasteiger partial charge in [-0.2, -0.15) is 0 Å². The molecule has 0 saturated carbocycles. The van der Waals surface area contributed by atoms with Crippen molar-refractivity contribution < 1.29 is 0 Å². The third-order valence-corrected chi connectivity index (χ3v) is 5.24. The number of fused-ring (bicyclic) bond motifs is 2. The van der Waals surface area contributed by atoms with Gasteiger partial charge in [-0.3, -0.25) is 0 Å². The Morgan fingerprint density at radius 1 is 0.957 bits per heavy atom. The van der Waals surface area contributed by atoms with Gasteiger partial charge in [0.25, 0.3) is 0 Å². The highest BCUT2D eigenvalue weighted by atomic mass is 15.1. The molecule has 1 heterocycles. The zero-order valence-corrected chi connectivity index (χ0v) is 13.9. The predicted octanol–water partition coefficient (Wildman–Crippen LogP) is 4.95.